The second-order valence-electron chi connectivity index (χ2n) is 5.56. The van der Waals surface area contributed by atoms with Gasteiger partial charge in [-0.05, 0) is 23.0 Å². The molecule has 7 nitrogen and oxygen atoms in total. The van der Waals surface area contributed by atoms with E-state index in [2.05, 4.69) is 4.74 Å². The van der Waals surface area contributed by atoms with Gasteiger partial charge in [-0.25, -0.2) is 4.79 Å². The van der Waals surface area contributed by atoms with Gasteiger partial charge in [-0.15, -0.1) is 0 Å². The predicted molar refractivity (Wildman–Crippen MR) is 75.5 cm³/mol. The van der Waals surface area contributed by atoms with Gasteiger partial charge in [0, 0.05) is 0 Å². The first-order valence-electron chi connectivity index (χ1n) is 7.08. The van der Waals surface area contributed by atoms with E-state index >= 15 is 0 Å². The number of para-hydroxylation sites is 1. The third-order valence-electron chi connectivity index (χ3n) is 3.15. The summed E-state index contributed by atoms with van der Waals surface area (Å²) in [5.41, 5.74) is 1.43. The zero-order valence-corrected chi connectivity index (χ0v) is 19.3. The molecule has 0 unspecified atom stereocenters. The Balaban J connectivity index is 0. The molecule has 0 saturated carbocycles. The largest absolute Gasteiger partial charge is 1.00 e. The maximum atomic E-state index is 11.8. The number of aliphatic carboxylic acids is 2. The Hall–Kier alpha value is -0.570. The van der Waals surface area contributed by atoms with E-state index in [0.29, 0.717) is 11.1 Å². The smallest absolute Gasteiger partial charge is 0.546 e. The summed E-state index contributed by atoms with van der Waals surface area (Å²) in [5, 5.41) is 21.2. The van der Waals surface area contributed by atoms with Crippen LogP contribution in [0.5, 0.6) is 5.75 Å². The first kappa shape index (κ1) is 26.7. The van der Waals surface area contributed by atoms with Gasteiger partial charge in [0.2, 0.25) is 0 Å². The number of carboxylic acid groups (broad SMARTS) is 2. The molecule has 0 bridgehead atoms. The van der Waals surface area contributed by atoms with Crippen molar-refractivity contribution in [1.29, 1.82) is 0 Å². The van der Waals surface area contributed by atoms with Gasteiger partial charge in [-0.2, -0.15) is 0 Å². The van der Waals surface area contributed by atoms with Crippen molar-refractivity contribution in [1.82, 2.24) is 0 Å². The number of hydrogen-bond acceptors (Lipinski definition) is 7. The van der Waals surface area contributed by atoms with Crippen LogP contribution < -0.4 is 74.1 Å². The molecule has 0 aromatic heterocycles. The average molecular weight is 368 g/mol. The minimum atomic E-state index is -2.53. The van der Waals surface area contributed by atoms with Gasteiger partial charge >= 0.3 is 65.3 Å². The van der Waals surface area contributed by atoms with E-state index in [1.165, 1.54) is 0 Å². The van der Waals surface area contributed by atoms with Crippen molar-refractivity contribution in [3.05, 3.63) is 29.3 Å². The van der Waals surface area contributed by atoms with E-state index in [-0.39, 0.29) is 76.7 Å². The fourth-order valence-electron chi connectivity index (χ4n) is 2.00. The van der Waals surface area contributed by atoms with Crippen LogP contribution in [0.15, 0.2) is 18.2 Å². The van der Waals surface area contributed by atoms with Gasteiger partial charge in [-0.1, -0.05) is 45.9 Å². The number of carboxylic acids is 2. The summed E-state index contributed by atoms with van der Waals surface area (Å²) in [5.74, 6) is -3.91. The molecule has 1 aromatic rings. The van der Waals surface area contributed by atoms with Crippen LogP contribution in [0.25, 0.3) is 0 Å². The topological polar surface area (TPSA) is 116 Å². The molecule has 0 amide bonds. The van der Waals surface area contributed by atoms with Crippen molar-refractivity contribution in [3.8, 4) is 5.75 Å². The van der Waals surface area contributed by atoms with Crippen molar-refractivity contribution >= 4 is 18.1 Å². The maximum absolute atomic E-state index is 11.8. The Kier molecular flexibility index (Phi) is 12.7. The Morgan fingerprint density at radius 1 is 0.880 bits per heavy atom. The van der Waals surface area contributed by atoms with Gasteiger partial charge in [-0.3, -0.25) is 0 Å². The second-order valence-corrected chi connectivity index (χ2v) is 5.56. The van der Waals surface area contributed by atoms with Crippen LogP contribution in [0, 0.1) is 0 Å². The number of carbonyl (C=O) groups excluding carboxylic acids is 3. The monoisotopic (exact) mass is 368 g/mol. The van der Waals surface area contributed by atoms with Gasteiger partial charge in [0.1, 0.15) is 5.75 Å². The molecule has 1 aromatic carbocycles. The van der Waals surface area contributed by atoms with Crippen LogP contribution in [0.1, 0.15) is 50.7 Å². The van der Waals surface area contributed by atoms with Crippen molar-refractivity contribution in [2.24, 2.45) is 0 Å². The summed E-state index contributed by atoms with van der Waals surface area (Å²) in [4.78, 5) is 33.0. The van der Waals surface area contributed by atoms with Gasteiger partial charge in [0.05, 0.1) is 11.9 Å². The van der Waals surface area contributed by atoms with Crippen LogP contribution in [0.3, 0.4) is 0 Å². The molecular formula is C16H18Na2O7. The van der Waals surface area contributed by atoms with Crippen molar-refractivity contribution < 1.29 is 93.2 Å². The molecule has 1 rings (SSSR count). The summed E-state index contributed by atoms with van der Waals surface area (Å²) in [6.07, 6.45) is -3.98. The fourth-order valence-corrected chi connectivity index (χ4v) is 2.00. The number of rotatable bonds is 6. The number of hydrogen-bond donors (Lipinski definition) is 0. The van der Waals surface area contributed by atoms with E-state index in [1.807, 2.05) is 33.8 Å². The normalized spacial score (nSPS) is 10.0. The Morgan fingerprint density at radius 2 is 1.28 bits per heavy atom. The molecule has 0 radical (unpaired) electrons. The molecular weight excluding hydrogens is 350 g/mol. The summed E-state index contributed by atoms with van der Waals surface area (Å²) in [6.45, 7) is 7.57. The standard InChI is InChI=1S/C16H20O7.2Na/c1-8(2)10-6-5-7-11(9(3)4)12(10)22-16(21)23-13(14(17)18)15(19)20;;/h5-9,13H,1-4H3,(H,17,18)(H,19,20);;/q;2*+1/p-2. The summed E-state index contributed by atoms with van der Waals surface area (Å²) in [6, 6.07) is 5.33. The van der Waals surface area contributed by atoms with Crippen LogP contribution in [-0.2, 0) is 14.3 Å². The molecule has 0 aliphatic heterocycles. The minimum Gasteiger partial charge on any atom is -0.546 e. The summed E-state index contributed by atoms with van der Waals surface area (Å²) in [7, 11) is 0. The molecule has 0 aliphatic rings. The molecule has 25 heavy (non-hydrogen) atoms. The maximum Gasteiger partial charge on any atom is 1.00 e. The Morgan fingerprint density at radius 3 is 1.60 bits per heavy atom. The van der Waals surface area contributed by atoms with Crippen molar-refractivity contribution in [2.45, 2.75) is 45.6 Å². The van der Waals surface area contributed by atoms with E-state index in [4.69, 9.17) is 4.74 Å². The molecule has 0 saturated heterocycles. The SMILES string of the molecule is CC(C)c1cccc(C(C)C)c1OC(=O)OC(C(=O)[O-])C(=O)[O-].[Na+].[Na+]. The number of carbonyl (C=O) groups is 3. The zero-order valence-electron chi connectivity index (χ0n) is 15.3. The third-order valence-corrected chi connectivity index (χ3v) is 3.15. The third kappa shape index (κ3) is 7.68. The van der Waals surface area contributed by atoms with Gasteiger partial charge < -0.3 is 29.3 Å². The molecule has 0 fully saturated rings. The molecule has 126 valence electrons. The van der Waals surface area contributed by atoms with E-state index in [9.17, 15) is 24.6 Å². The van der Waals surface area contributed by atoms with Crippen molar-refractivity contribution in [2.75, 3.05) is 0 Å². The number of benzene rings is 1. The fraction of sp³-hybridized carbons (Fsp3) is 0.438. The van der Waals surface area contributed by atoms with Crippen molar-refractivity contribution in [3.63, 3.8) is 0 Å². The summed E-state index contributed by atoms with van der Waals surface area (Å²) >= 11 is 0. The number of ether oxygens (including phenoxy) is 2. The predicted octanol–water partition coefficient (Wildman–Crippen LogP) is -5.67. The molecule has 0 aliphatic carbocycles. The van der Waals surface area contributed by atoms with E-state index in [0.717, 1.165) is 0 Å². The minimum absolute atomic E-state index is 0. The van der Waals surface area contributed by atoms with Crippen LogP contribution in [0.4, 0.5) is 4.79 Å². The van der Waals surface area contributed by atoms with Crippen LogP contribution in [0.2, 0.25) is 0 Å². The second kappa shape index (κ2) is 11.9. The first-order chi connectivity index (χ1) is 10.6. The zero-order chi connectivity index (χ0) is 17.7. The molecule has 9 heteroatoms. The molecule has 0 heterocycles. The molecule has 0 spiro atoms. The van der Waals surface area contributed by atoms with Gasteiger partial charge in [0.15, 0.2) is 6.10 Å². The van der Waals surface area contributed by atoms with Crippen LogP contribution >= 0.6 is 0 Å². The van der Waals surface area contributed by atoms with Gasteiger partial charge in [0.25, 0.3) is 0 Å². The molecule has 0 atom stereocenters. The average Bonchev–Trinajstić information content (AvgIpc) is 2.43. The Bertz CT molecular complexity index is 574. The first-order valence-corrected chi connectivity index (χ1v) is 7.08. The van der Waals surface area contributed by atoms with Crippen LogP contribution in [-0.4, -0.2) is 24.2 Å². The van der Waals surface area contributed by atoms with E-state index in [1.54, 1.807) is 12.1 Å². The van der Waals surface area contributed by atoms with E-state index < -0.39 is 24.2 Å². The molecule has 0 N–H and O–H groups in total. The summed E-state index contributed by atoms with van der Waals surface area (Å²) < 4.78 is 9.35. The Labute approximate surface area is 190 Å². The quantitative estimate of drug-likeness (QED) is 0.213.